The molecular formula is C23H27NO6. The number of carboxylic acid groups (broad SMARTS) is 1. The van der Waals surface area contributed by atoms with Gasteiger partial charge in [0.2, 0.25) is 0 Å². The summed E-state index contributed by atoms with van der Waals surface area (Å²) < 4.78 is 10.6. The molecule has 1 atom stereocenters. The van der Waals surface area contributed by atoms with E-state index in [1.165, 1.54) is 0 Å². The first-order chi connectivity index (χ1) is 14.1. The van der Waals surface area contributed by atoms with E-state index in [1.807, 2.05) is 30.3 Å². The van der Waals surface area contributed by atoms with Crippen molar-refractivity contribution >= 4 is 18.0 Å². The number of carboxylic acids is 1. The molecule has 0 aliphatic carbocycles. The summed E-state index contributed by atoms with van der Waals surface area (Å²) in [7, 11) is 0. The number of nitrogens with one attached hydrogen (secondary N) is 1. The Bertz CT molecular complexity index is 856. The lowest BCUT2D eigenvalue weighted by Gasteiger charge is -2.23. The summed E-state index contributed by atoms with van der Waals surface area (Å²) in [6.07, 6.45) is -0.506. The molecule has 2 N–H and O–H groups in total. The SMILES string of the molecule is CC(C)(C)OC(=O)N[C@H](Cc1ccccc1)C(=O)OCc1ccc(CC(=O)O)cc1. The molecule has 30 heavy (non-hydrogen) atoms. The van der Waals surface area contributed by atoms with Crippen LogP contribution in [-0.2, 0) is 38.5 Å². The third-order valence-corrected chi connectivity index (χ3v) is 4.02. The Morgan fingerprint density at radius 2 is 1.53 bits per heavy atom. The number of alkyl carbamates (subject to hydrolysis) is 1. The van der Waals surface area contributed by atoms with E-state index in [9.17, 15) is 14.4 Å². The fourth-order valence-electron chi connectivity index (χ4n) is 2.68. The Morgan fingerprint density at radius 1 is 0.933 bits per heavy atom. The average Bonchev–Trinajstić information content (AvgIpc) is 2.65. The highest BCUT2D eigenvalue weighted by Crippen LogP contribution is 2.11. The van der Waals surface area contributed by atoms with Crippen LogP contribution in [0.15, 0.2) is 54.6 Å². The molecule has 0 aliphatic heterocycles. The van der Waals surface area contributed by atoms with Crippen molar-refractivity contribution in [2.75, 3.05) is 0 Å². The first kappa shape index (κ1) is 22.9. The monoisotopic (exact) mass is 413 g/mol. The molecule has 1 amide bonds. The van der Waals surface area contributed by atoms with Gasteiger partial charge in [0.25, 0.3) is 0 Å². The molecule has 0 spiro atoms. The van der Waals surface area contributed by atoms with Crippen molar-refractivity contribution in [2.24, 2.45) is 0 Å². The zero-order valence-electron chi connectivity index (χ0n) is 17.4. The lowest BCUT2D eigenvalue weighted by Crippen LogP contribution is -2.45. The van der Waals surface area contributed by atoms with Crippen LogP contribution >= 0.6 is 0 Å². The van der Waals surface area contributed by atoms with Crippen molar-refractivity contribution in [1.29, 1.82) is 0 Å². The molecule has 0 aromatic heterocycles. The van der Waals surface area contributed by atoms with Gasteiger partial charge in [-0.2, -0.15) is 0 Å². The van der Waals surface area contributed by atoms with Crippen LogP contribution in [0.4, 0.5) is 4.79 Å². The zero-order valence-corrected chi connectivity index (χ0v) is 17.4. The number of aliphatic carboxylic acids is 1. The quantitative estimate of drug-likeness (QED) is 0.643. The summed E-state index contributed by atoms with van der Waals surface area (Å²) in [6.45, 7) is 5.23. The van der Waals surface area contributed by atoms with Crippen molar-refractivity contribution in [3.8, 4) is 0 Å². The molecule has 2 aromatic rings. The van der Waals surface area contributed by atoms with Crippen LogP contribution in [0.1, 0.15) is 37.5 Å². The maximum atomic E-state index is 12.7. The van der Waals surface area contributed by atoms with E-state index in [4.69, 9.17) is 14.6 Å². The third kappa shape index (κ3) is 8.34. The highest BCUT2D eigenvalue weighted by atomic mass is 16.6. The van der Waals surface area contributed by atoms with Crippen LogP contribution in [0.2, 0.25) is 0 Å². The Hall–Kier alpha value is -3.35. The van der Waals surface area contributed by atoms with E-state index in [0.29, 0.717) is 11.1 Å². The van der Waals surface area contributed by atoms with Crippen molar-refractivity contribution in [3.63, 3.8) is 0 Å². The van der Waals surface area contributed by atoms with Gasteiger partial charge in [-0.1, -0.05) is 54.6 Å². The van der Waals surface area contributed by atoms with E-state index in [1.54, 1.807) is 45.0 Å². The lowest BCUT2D eigenvalue weighted by atomic mass is 10.1. The molecule has 160 valence electrons. The summed E-state index contributed by atoms with van der Waals surface area (Å²) in [6, 6.07) is 15.2. The van der Waals surface area contributed by atoms with E-state index >= 15 is 0 Å². The van der Waals surface area contributed by atoms with Crippen LogP contribution in [0, 0.1) is 0 Å². The maximum absolute atomic E-state index is 12.7. The first-order valence-electron chi connectivity index (χ1n) is 9.62. The predicted octanol–water partition coefficient (Wildman–Crippen LogP) is 3.49. The fourth-order valence-corrected chi connectivity index (χ4v) is 2.68. The summed E-state index contributed by atoms with van der Waals surface area (Å²) in [4.78, 5) is 35.6. The number of carbonyl (C=O) groups is 3. The second kappa shape index (κ2) is 10.4. The number of ether oxygens (including phenoxy) is 2. The van der Waals surface area contributed by atoms with Gasteiger partial charge in [0, 0.05) is 6.42 Å². The van der Waals surface area contributed by atoms with Gasteiger partial charge in [-0.25, -0.2) is 9.59 Å². The molecule has 7 nitrogen and oxygen atoms in total. The van der Waals surface area contributed by atoms with Gasteiger partial charge in [0.05, 0.1) is 6.42 Å². The summed E-state index contributed by atoms with van der Waals surface area (Å²) >= 11 is 0. The van der Waals surface area contributed by atoms with Crippen molar-refractivity contribution in [3.05, 3.63) is 71.3 Å². The summed E-state index contributed by atoms with van der Waals surface area (Å²) in [5.41, 5.74) is 1.55. The number of carbonyl (C=O) groups excluding carboxylic acids is 2. The molecule has 0 bridgehead atoms. The number of hydrogen-bond donors (Lipinski definition) is 2. The number of esters is 1. The highest BCUT2D eigenvalue weighted by molar-refractivity contribution is 5.81. The lowest BCUT2D eigenvalue weighted by molar-refractivity contribution is -0.147. The van der Waals surface area contributed by atoms with E-state index in [2.05, 4.69) is 5.32 Å². The predicted molar refractivity (Wildman–Crippen MR) is 111 cm³/mol. The van der Waals surface area contributed by atoms with E-state index < -0.39 is 29.7 Å². The second-order valence-corrected chi connectivity index (χ2v) is 7.88. The Balaban J connectivity index is 2.02. The minimum atomic E-state index is -0.911. The standard InChI is InChI=1S/C23H27NO6/c1-23(2,3)30-22(28)24-19(13-16-7-5-4-6-8-16)21(27)29-15-18-11-9-17(10-12-18)14-20(25)26/h4-12,19H,13-15H2,1-3H3,(H,24,28)(H,25,26)/t19-/m1/s1. The van der Waals surface area contributed by atoms with Gasteiger partial charge in [0.1, 0.15) is 18.2 Å². The van der Waals surface area contributed by atoms with Gasteiger partial charge in [-0.3, -0.25) is 4.79 Å². The molecule has 0 heterocycles. The zero-order chi connectivity index (χ0) is 22.1. The van der Waals surface area contributed by atoms with Gasteiger partial charge < -0.3 is 19.9 Å². The smallest absolute Gasteiger partial charge is 0.408 e. The minimum absolute atomic E-state index is 0.00741. The Kier molecular flexibility index (Phi) is 7.98. The number of rotatable bonds is 8. The van der Waals surface area contributed by atoms with Crippen LogP contribution < -0.4 is 5.32 Å². The van der Waals surface area contributed by atoms with Crippen LogP contribution in [0.25, 0.3) is 0 Å². The van der Waals surface area contributed by atoms with Crippen molar-refractivity contribution in [2.45, 2.75) is 51.9 Å². The van der Waals surface area contributed by atoms with Crippen LogP contribution in [-0.4, -0.2) is 34.8 Å². The number of hydrogen-bond acceptors (Lipinski definition) is 5. The maximum Gasteiger partial charge on any atom is 0.408 e. The first-order valence-corrected chi connectivity index (χ1v) is 9.62. The number of benzene rings is 2. The topological polar surface area (TPSA) is 102 Å². The van der Waals surface area contributed by atoms with Crippen molar-refractivity contribution < 1.29 is 29.0 Å². The van der Waals surface area contributed by atoms with Gasteiger partial charge in [-0.05, 0) is 37.5 Å². The molecule has 2 rings (SSSR count). The molecule has 0 saturated carbocycles. The molecule has 0 saturated heterocycles. The number of amides is 1. The van der Waals surface area contributed by atoms with Crippen LogP contribution in [0.3, 0.4) is 0 Å². The van der Waals surface area contributed by atoms with E-state index in [-0.39, 0.29) is 19.4 Å². The normalized spacial score (nSPS) is 12.0. The minimum Gasteiger partial charge on any atom is -0.481 e. The Labute approximate surface area is 176 Å². The Morgan fingerprint density at radius 3 is 2.10 bits per heavy atom. The molecular weight excluding hydrogens is 386 g/mol. The molecule has 0 fully saturated rings. The average molecular weight is 413 g/mol. The molecule has 7 heteroatoms. The summed E-state index contributed by atoms with van der Waals surface area (Å²) in [5, 5.41) is 11.4. The molecule has 0 aliphatic rings. The molecule has 2 aromatic carbocycles. The van der Waals surface area contributed by atoms with E-state index in [0.717, 1.165) is 5.56 Å². The summed E-state index contributed by atoms with van der Waals surface area (Å²) in [5.74, 6) is -1.49. The fraction of sp³-hybridized carbons (Fsp3) is 0.348. The third-order valence-electron chi connectivity index (χ3n) is 4.02. The van der Waals surface area contributed by atoms with Gasteiger partial charge >= 0.3 is 18.0 Å². The molecule has 0 radical (unpaired) electrons. The van der Waals surface area contributed by atoms with Gasteiger partial charge in [-0.15, -0.1) is 0 Å². The van der Waals surface area contributed by atoms with Crippen molar-refractivity contribution in [1.82, 2.24) is 5.32 Å². The second-order valence-electron chi connectivity index (χ2n) is 7.88. The highest BCUT2D eigenvalue weighted by Gasteiger charge is 2.26. The largest absolute Gasteiger partial charge is 0.481 e. The van der Waals surface area contributed by atoms with Gasteiger partial charge in [0.15, 0.2) is 0 Å². The molecule has 0 unspecified atom stereocenters. The van der Waals surface area contributed by atoms with Crippen LogP contribution in [0.5, 0.6) is 0 Å².